The van der Waals surface area contributed by atoms with Gasteiger partial charge in [0.05, 0.1) is 0 Å². The van der Waals surface area contributed by atoms with Crippen LogP contribution >= 0.6 is 11.3 Å². The molecule has 2 saturated carbocycles. The Balaban J connectivity index is 1.69. The molecule has 16 heavy (non-hydrogen) atoms. The minimum absolute atomic E-state index is 0.510. The van der Waals surface area contributed by atoms with Crippen LogP contribution < -0.4 is 5.32 Å². The highest BCUT2D eigenvalue weighted by Crippen LogP contribution is 2.60. The normalized spacial score (nSPS) is 33.3. The van der Waals surface area contributed by atoms with Gasteiger partial charge in [-0.15, -0.1) is 11.3 Å². The lowest BCUT2D eigenvalue weighted by Gasteiger charge is -2.20. The monoisotopic (exact) mass is 235 g/mol. The maximum absolute atomic E-state index is 3.69. The Kier molecular flexibility index (Phi) is 2.60. The highest BCUT2D eigenvalue weighted by molar-refractivity contribution is 7.10. The molecule has 0 amide bonds. The van der Waals surface area contributed by atoms with Gasteiger partial charge in [-0.2, -0.15) is 0 Å². The van der Waals surface area contributed by atoms with Crippen molar-refractivity contribution in [3.8, 4) is 0 Å². The van der Waals surface area contributed by atoms with Crippen molar-refractivity contribution in [2.45, 2.75) is 44.6 Å². The highest BCUT2D eigenvalue weighted by Gasteiger charge is 2.57. The molecule has 0 bridgehead atoms. The molecule has 1 aromatic rings. The van der Waals surface area contributed by atoms with Crippen molar-refractivity contribution in [2.24, 2.45) is 11.8 Å². The molecule has 0 saturated heterocycles. The standard InChI is InChI=1S/C14H21NS/c1-10(2)14(13-4-3-7-16-13)8-11(14)9-15-12-5-6-12/h3-4,7,10-12,15H,5-6,8-9H2,1-2H3. The van der Waals surface area contributed by atoms with Crippen molar-refractivity contribution in [1.29, 1.82) is 0 Å². The second-order valence-corrected chi connectivity index (χ2v) is 6.70. The van der Waals surface area contributed by atoms with Gasteiger partial charge in [-0.3, -0.25) is 0 Å². The van der Waals surface area contributed by atoms with E-state index in [0.29, 0.717) is 5.41 Å². The molecule has 2 aliphatic rings. The topological polar surface area (TPSA) is 12.0 Å². The molecule has 1 nitrogen and oxygen atoms in total. The summed E-state index contributed by atoms with van der Waals surface area (Å²) in [6, 6.07) is 5.39. The largest absolute Gasteiger partial charge is 0.314 e. The molecule has 2 unspecified atom stereocenters. The van der Waals surface area contributed by atoms with E-state index in [1.807, 2.05) is 11.3 Å². The molecule has 1 N–H and O–H groups in total. The molecule has 1 heterocycles. The van der Waals surface area contributed by atoms with Crippen molar-refractivity contribution >= 4 is 11.3 Å². The van der Waals surface area contributed by atoms with E-state index < -0.39 is 0 Å². The maximum Gasteiger partial charge on any atom is 0.0114 e. The van der Waals surface area contributed by atoms with Crippen LogP contribution in [0.1, 0.15) is 38.0 Å². The van der Waals surface area contributed by atoms with Gasteiger partial charge in [-0.05, 0) is 49.1 Å². The number of hydrogen-bond acceptors (Lipinski definition) is 2. The molecule has 0 radical (unpaired) electrons. The summed E-state index contributed by atoms with van der Waals surface area (Å²) in [4.78, 5) is 1.62. The van der Waals surface area contributed by atoms with Crippen LogP contribution in [0.15, 0.2) is 17.5 Å². The Morgan fingerprint density at radius 3 is 2.88 bits per heavy atom. The number of thiophene rings is 1. The van der Waals surface area contributed by atoms with Crippen molar-refractivity contribution in [2.75, 3.05) is 6.54 Å². The first kappa shape index (κ1) is 10.8. The molecule has 2 fully saturated rings. The second-order valence-electron chi connectivity index (χ2n) is 5.76. The average molecular weight is 235 g/mol. The summed E-state index contributed by atoms with van der Waals surface area (Å²) in [7, 11) is 0. The fourth-order valence-electron chi connectivity index (χ4n) is 3.04. The van der Waals surface area contributed by atoms with Crippen molar-refractivity contribution in [1.82, 2.24) is 5.32 Å². The zero-order valence-electron chi connectivity index (χ0n) is 10.2. The predicted octanol–water partition coefficient (Wildman–Crippen LogP) is 3.41. The fourth-order valence-corrected chi connectivity index (χ4v) is 4.20. The predicted molar refractivity (Wildman–Crippen MR) is 70.0 cm³/mol. The van der Waals surface area contributed by atoms with Gasteiger partial charge in [0.25, 0.3) is 0 Å². The summed E-state index contributed by atoms with van der Waals surface area (Å²) >= 11 is 1.95. The van der Waals surface area contributed by atoms with Crippen LogP contribution in [0.3, 0.4) is 0 Å². The van der Waals surface area contributed by atoms with Gasteiger partial charge in [-0.25, -0.2) is 0 Å². The first-order valence-electron chi connectivity index (χ1n) is 6.51. The summed E-state index contributed by atoms with van der Waals surface area (Å²) in [5, 5.41) is 5.92. The summed E-state index contributed by atoms with van der Waals surface area (Å²) in [6.45, 7) is 6.01. The Morgan fingerprint density at radius 1 is 1.50 bits per heavy atom. The van der Waals surface area contributed by atoms with Crippen molar-refractivity contribution in [3.63, 3.8) is 0 Å². The minimum Gasteiger partial charge on any atom is -0.314 e. The zero-order valence-corrected chi connectivity index (χ0v) is 11.0. The fraction of sp³-hybridized carbons (Fsp3) is 0.714. The van der Waals surface area contributed by atoms with E-state index >= 15 is 0 Å². The smallest absolute Gasteiger partial charge is 0.0114 e. The van der Waals surface area contributed by atoms with Crippen molar-refractivity contribution in [3.05, 3.63) is 22.4 Å². The first-order chi connectivity index (χ1) is 7.73. The third-order valence-electron chi connectivity index (χ3n) is 4.39. The van der Waals surface area contributed by atoms with Crippen LogP contribution in [-0.2, 0) is 5.41 Å². The number of rotatable bonds is 5. The van der Waals surface area contributed by atoms with Crippen molar-refractivity contribution < 1.29 is 0 Å². The maximum atomic E-state index is 3.69. The summed E-state index contributed by atoms with van der Waals surface area (Å²) < 4.78 is 0. The zero-order chi connectivity index (χ0) is 11.2. The highest BCUT2D eigenvalue weighted by atomic mass is 32.1. The molecule has 2 aliphatic carbocycles. The molecule has 2 heteroatoms. The van der Waals surface area contributed by atoms with Gasteiger partial charge < -0.3 is 5.32 Å². The molecule has 1 aromatic heterocycles. The minimum atomic E-state index is 0.510. The summed E-state index contributed by atoms with van der Waals surface area (Å²) in [5.74, 6) is 1.66. The molecular formula is C14H21NS. The van der Waals surface area contributed by atoms with E-state index in [-0.39, 0.29) is 0 Å². The SMILES string of the molecule is CC(C)C1(c2cccs2)CC1CNC1CC1. The summed E-state index contributed by atoms with van der Waals surface area (Å²) in [6.07, 6.45) is 4.20. The lowest BCUT2D eigenvalue weighted by Crippen LogP contribution is -2.25. The van der Waals surface area contributed by atoms with Crippen LogP contribution in [0.5, 0.6) is 0 Å². The average Bonchev–Trinajstić information content (AvgIpc) is 3.15. The van der Waals surface area contributed by atoms with E-state index in [2.05, 4.69) is 36.7 Å². The molecule has 3 rings (SSSR count). The van der Waals surface area contributed by atoms with Crippen LogP contribution in [0.2, 0.25) is 0 Å². The van der Waals surface area contributed by atoms with Gasteiger partial charge in [-0.1, -0.05) is 19.9 Å². The number of hydrogen-bond donors (Lipinski definition) is 1. The first-order valence-corrected chi connectivity index (χ1v) is 7.39. The molecule has 0 spiro atoms. The van der Waals surface area contributed by atoms with E-state index in [4.69, 9.17) is 0 Å². The van der Waals surface area contributed by atoms with Crippen LogP contribution in [0.25, 0.3) is 0 Å². The molecule has 0 aliphatic heterocycles. The van der Waals surface area contributed by atoms with E-state index in [0.717, 1.165) is 17.9 Å². The molecule has 88 valence electrons. The number of nitrogens with one attached hydrogen (secondary N) is 1. The lowest BCUT2D eigenvalue weighted by atomic mass is 9.88. The molecule has 0 aromatic carbocycles. The Morgan fingerprint density at radius 2 is 2.31 bits per heavy atom. The van der Waals surface area contributed by atoms with Gasteiger partial charge in [0.15, 0.2) is 0 Å². The van der Waals surface area contributed by atoms with Gasteiger partial charge in [0.1, 0.15) is 0 Å². The summed E-state index contributed by atoms with van der Waals surface area (Å²) in [5.41, 5.74) is 0.510. The third kappa shape index (κ3) is 1.72. The van der Waals surface area contributed by atoms with E-state index in [1.165, 1.54) is 25.8 Å². The van der Waals surface area contributed by atoms with Gasteiger partial charge in [0.2, 0.25) is 0 Å². The molecular weight excluding hydrogens is 214 g/mol. The molecule has 2 atom stereocenters. The Labute approximate surface area is 102 Å². The lowest BCUT2D eigenvalue weighted by molar-refractivity contribution is 0.434. The van der Waals surface area contributed by atoms with Gasteiger partial charge in [0, 0.05) is 16.3 Å². The van der Waals surface area contributed by atoms with Gasteiger partial charge >= 0.3 is 0 Å². The second kappa shape index (κ2) is 3.85. The van der Waals surface area contributed by atoms with E-state index in [1.54, 1.807) is 4.88 Å². The third-order valence-corrected chi connectivity index (χ3v) is 5.46. The van der Waals surface area contributed by atoms with Crippen LogP contribution in [-0.4, -0.2) is 12.6 Å². The quantitative estimate of drug-likeness (QED) is 0.824. The Hall–Kier alpha value is -0.340. The van der Waals surface area contributed by atoms with Crippen LogP contribution in [0.4, 0.5) is 0 Å². The Bertz CT molecular complexity index is 353. The van der Waals surface area contributed by atoms with Crippen LogP contribution in [0, 0.1) is 11.8 Å². The van der Waals surface area contributed by atoms with E-state index in [9.17, 15) is 0 Å².